The summed E-state index contributed by atoms with van der Waals surface area (Å²) < 4.78 is 40.4. The van der Waals surface area contributed by atoms with Crippen molar-refractivity contribution in [3.8, 4) is 0 Å². The van der Waals surface area contributed by atoms with Crippen molar-refractivity contribution >= 4 is 0 Å². The van der Waals surface area contributed by atoms with Crippen LogP contribution in [0.25, 0.3) is 0 Å². The third-order valence-electron chi connectivity index (χ3n) is 2.23. The minimum atomic E-state index is -3.61. The average Bonchev–Trinajstić information content (AvgIpc) is 2.07. The van der Waals surface area contributed by atoms with Crippen LogP contribution in [-0.4, -0.2) is 10.7 Å². The second kappa shape index (κ2) is 3.52. The first kappa shape index (κ1) is 12.0. The first-order valence-electron chi connectivity index (χ1n) is 4.53. The Balaban J connectivity index is 3.32. The smallest absolute Gasteiger partial charge is 0.303 e. The maximum absolute atomic E-state index is 13.6. The molecule has 0 unspecified atom stereocenters. The molecule has 0 aliphatic carbocycles. The molecule has 0 heterocycles. The molecule has 0 aliphatic rings. The standard InChI is InChI=1S/C11H13F3O/c1-7-4-5-9(12)8(6-7)11(13,14)10(2,3)15/h4-6,15H,1-3H3. The topological polar surface area (TPSA) is 20.2 Å². The predicted octanol–water partition coefficient (Wildman–Crippen LogP) is 3.00. The predicted molar refractivity (Wildman–Crippen MR) is 51.3 cm³/mol. The van der Waals surface area contributed by atoms with E-state index in [4.69, 9.17) is 0 Å². The van der Waals surface area contributed by atoms with Crippen LogP contribution in [-0.2, 0) is 5.92 Å². The fourth-order valence-electron chi connectivity index (χ4n) is 1.21. The summed E-state index contributed by atoms with van der Waals surface area (Å²) in [6.45, 7) is 3.49. The Morgan fingerprint density at radius 1 is 1.20 bits per heavy atom. The fraction of sp³-hybridized carbons (Fsp3) is 0.455. The van der Waals surface area contributed by atoms with E-state index in [2.05, 4.69) is 0 Å². The van der Waals surface area contributed by atoms with E-state index in [1.165, 1.54) is 6.07 Å². The first-order valence-corrected chi connectivity index (χ1v) is 4.53. The van der Waals surface area contributed by atoms with Crippen LogP contribution in [0.4, 0.5) is 13.2 Å². The molecule has 4 heteroatoms. The van der Waals surface area contributed by atoms with E-state index in [0.29, 0.717) is 5.56 Å². The SMILES string of the molecule is Cc1ccc(F)c(C(F)(F)C(C)(C)O)c1. The highest BCUT2D eigenvalue weighted by molar-refractivity contribution is 5.29. The molecule has 0 saturated carbocycles. The summed E-state index contributed by atoms with van der Waals surface area (Å²) in [4.78, 5) is 0. The lowest BCUT2D eigenvalue weighted by atomic mass is 9.92. The Bertz CT molecular complexity index is 367. The molecule has 1 aromatic carbocycles. The number of aliphatic hydroxyl groups is 1. The molecular formula is C11H13F3O. The zero-order chi connectivity index (χ0) is 11.9. The van der Waals surface area contributed by atoms with Gasteiger partial charge in [-0.15, -0.1) is 0 Å². The average molecular weight is 218 g/mol. The summed E-state index contributed by atoms with van der Waals surface area (Å²) in [5, 5.41) is 9.30. The summed E-state index contributed by atoms with van der Waals surface area (Å²) in [5.74, 6) is -4.61. The van der Waals surface area contributed by atoms with E-state index in [9.17, 15) is 18.3 Å². The van der Waals surface area contributed by atoms with Crippen molar-refractivity contribution in [3.05, 3.63) is 35.1 Å². The van der Waals surface area contributed by atoms with Crippen molar-refractivity contribution in [3.63, 3.8) is 0 Å². The number of aryl methyl sites for hydroxylation is 1. The van der Waals surface area contributed by atoms with E-state index in [0.717, 1.165) is 26.0 Å². The third kappa shape index (κ3) is 2.15. The molecule has 0 saturated heterocycles. The molecule has 15 heavy (non-hydrogen) atoms. The van der Waals surface area contributed by atoms with Crippen LogP contribution in [0, 0.1) is 12.7 Å². The molecule has 0 aliphatic heterocycles. The minimum absolute atomic E-state index is 0.523. The van der Waals surface area contributed by atoms with Gasteiger partial charge in [-0.05, 0) is 32.9 Å². The highest BCUT2D eigenvalue weighted by Crippen LogP contribution is 2.39. The molecule has 0 aromatic heterocycles. The van der Waals surface area contributed by atoms with Crippen LogP contribution in [0.15, 0.2) is 18.2 Å². The van der Waals surface area contributed by atoms with Crippen molar-refractivity contribution in [2.75, 3.05) is 0 Å². The van der Waals surface area contributed by atoms with Crippen LogP contribution in [0.3, 0.4) is 0 Å². The normalized spacial score (nSPS) is 13.0. The van der Waals surface area contributed by atoms with Crippen LogP contribution in [0.1, 0.15) is 25.0 Å². The second-order valence-electron chi connectivity index (χ2n) is 4.12. The van der Waals surface area contributed by atoms with Gasteiger partial charge in [-0.2, -0.15) is 8.78 Å². The molecule has 0 amide bonds. The van der Waals surface area contributed by atoms with Gasteiger partial charge in [-0.3, -0.25) is 0 Å². The van der Waals surface area contributed by atoms with Gasteiger partial charge in [0.05, 0.1) is 5.56 Å². The number of rotatable bonds is 2. The molecule has 0 fully saturated rings. The van der Waals surface area contributed by atoms with Crippen LogP contribution in [0.2, 0.25) is 0 Å². The molecule has 1 rings (SSSR count). The van der Waals surface area contributed by atoms with Gasteiger partial charge in [0.2, 0.25) is 0 Å². The Kier molecular flexibility index (Phi) is 2.83. The van der Waals surface area contributed by atoms with Crippen molar-refractivity contribution in [1.82, 2.24) is 0 Å². The molecule has 84 valence electrons. The lowest BCUT2D eigenvalue weighted by Crippen LogP contribution is -2.40. The quantitative estimate of drug-likeness (QED) is 0.809. The van der Waals surface area contributed by atoms with Crippen LogP contribution >= 0.6 is 0 Å². The van der Waals surface area contributed by atoms with Gasteiger partial charge in [0.1, 0.15) is 11.4 Å². The zero-order valence-electron chi connectivity index (χ0n) is 8.81. The minimum Gasteiger partial charge on any atom is -0.384 e. The lowest BCUT2D eigenvalue weighted by Gasteiger charge is -2.29. The number of halogens is 3. The summed E-state index contributed by atoms with van der Waals surface area (Å²) in [5.41, 5.74) is -2.54. The van der Waals surface area contributed by atoms with Crippen LogP contribution in [0.5, 0.6) is 0 Å². The second-order valence-corrected chi connectivity index (χ2v) is 4.12. The van der Waals surface area contributed by atoms with Crippen molar-refractivity contribution in [2.24, 2.45) is 0 Å². The van der Waals surface area contributed by atoms with Gasteiger partial charge in [-0.1, -0.05) is 11.6 Å². The summed E-state index contributed by atoms with van der Waals surface area (Å²) in [6, 6.07) is 3.43. The number of alkyl halides is 2. The maximum atomic E-state index is 13.6. The number of hydrogen-bond acceptors (Lipinski definition) is 1. The monoisotopic (exact) mass is 218 g/mol. The molecule has 0 atom stereocenters. The van der Waals surface area contributed by atoms with E-state index >= 15 is 0 Å². The van der Waals surface area contributed by atoms with Gasteiger partial charge in [-0.25, -0.2) is 4.39 Å². The highest BCUT2D eigenvalue weighted by atomic mass is 19.3. The molecule has 0 spiro atoms. The van der Waals surface area contributed by atoms with E-state index in [1.807, 2.05) is 0 Å². The van der Waals surface area contributed by atoms with E-state index in [-0.39, 0.29) is 0 Å². The van der Waals surface area contributed by atoms with Gasteiger partial charge in [0.25, 0.3) is 0 Å². The van der Waals surface area contributed by atoms with Crippen LogP contribution < -0.4 is 0 Å². The number of hydrogen-bond donors (Lipinski definition) is 1. The molecule has 1 aromatic rings. The van der Waals surface area contributed by atoms with E-state index < -0.39 is 22.9 Å². The molecule has 1 nitrogen and oxygen atoms in total. The Hall–Kier alpha value is -1.03. The van der Waals surface area contributed by atoms with Gasteiger partial charge < -0.3 is 5.11 Å². The molecular weight excluding hydrogens is 205 g/mol. The van der Waals surface area contributed by atoms with Gasteiger partial charge in [0.15, 0.2) is 0 Å². The fourth-order valence-corrected chi connectivity index (χ4v) is 1.21. The van der Waals surface area contributed by atoms with Gasteiger partial charge >= 0.3 is 5.92 Å². The molecule has 0 bridgehead atoms. The summed E-state index contributed by atoms with van der Waals surface area (Å²) in [7, 11) is 0. The van der Waals surface area contributed by atoms with Crippen molar-refractivity contribution < 1.29 is 18.3 Å². The lowest BCUT2D eigenvalue weighted by molar-refractivity contribution is -0.170. The Morgan fingerprint density at radius 3 is 2.20 bits per heavy atom. The van der Waals surface area contributed by atoms with Crippen molar-refractivity contribution in [1.29, 1.82) is 0 Å². The number of benzene rings is 1. The van der Waals surface area contributed by atoms with Crippen molar-refractivity contribution in [2.45, 2.75) is 32.3 Å². The molecule has 0 radical (unpaired) electrons. The van der Waals surface area contributed by atoms with Gasteiger partial charge in [0, 0.05) is 0 Å². The summed E-state index contributed by atoms with van der Waals surface area (Å²) >= 11 is 0. The third-order valence-corrected chi connectivity index (χ3v) is 2.23. The largest absolute Gasteiger partial charge is 0.384 e. The Morgan fingerprint density at radius 2 is 1.73 bits per heavy atom. The maximum Gasteiger partial charge on any atom is 0.303 e. The molecule has 1 N–H and O–H groups in total. The highest BCUT2D eigenvalue weighted by Gasteiger charge is 2.48. The van der Waals surface area contributed by atoms with E-state index in [1.54, 1.807) is 6.92 Å². The zero-order valence-corrected chi connectivity index (χ0v) is 8.81. The first-order chi connectivity index (χ1) is 6.66. The summed E-state index contributed by atoms with van der Waals surface area (Å²) in [6.07, 6.45) is 0. The Labute approximate surface area is 86.5 Å².